The molecule has 0 spiro atoms. The van der Waals surface area contributed by atoms with Gasteiger partial charge in [0.25, 0.3) is 0 Å². The summed E-state index contributed by atoms with van der Waals surface area (Å²) >= 11 is 12.4. The van der Waals surface area contributed by atoms with Gasteiger partial charge in [0.05, 0.1) is 18.7 Å². The number of rotatable bonds is 2. The molecule has 0 aliphatic heterocycles. The first-order valence-corrected chi connectivity index (χ1v) is 7.53. The van der Waals surface area contributed by atoms with Gasteiger partial charge in [-0.15, -0.1) is 11.3 Å². The van der Waals surface area contributed by atoms with Crippen LogP contribution < -0.4 is 0 Å². The van der Waals surface area contributed by atoms with E-state index in [1.54, 1.807) is 17.6 Å². The highest BCUT2D eigenvalue weighted by molar-refractivity contribution is 9.12. The predicted molar refractivity (Wildman–Crippen MR) is 73.9 cm³/mol. The van der Waals surface area contributed by atoms with E-state index < -0.39 is 0 Å². The molecule has 0 bridgehead atoms. The minimum Gasteiger partial charge on any atom is -0.469 e. The van der Waals surface area contributed by atoms with Crippen molar-refractivity contribution in [3.8, 4) is 0 Å². The monoisotopic (exact) mass is 412 g/mol. The maximum atomic E-state index is 5.30. The lowest BCUT2D eigenvalue weighted by atomic mass is 10.1. The van der Waals surface area contributed by atoms with Gasteiger partial charge in [-0.25, -0.2) is 0 Å². The van der Waals surface area contributed by atoms with Gasteiger partial charge >= 0.3 is 0 Å². The Kier molecular flexibility index (Phi) is 3.75. The third kappa shape index (κ3) is 2.57. The van der Waals surface area contributed by atoms with Crippen LogP contribution >= 0.6 is 59.1 Å². The number of hydrogen-bond donors (Lipinski definition) is 0. The van der Waals surface area contributed by atoms with Gasteiger partial charge in [-0.1, -0.05) is 15.9 Å². The molecule has 0 amide bonds. The van der Waals surface area contributed by atoms with E-state index in [1.165, 1.54) is 5.56 Å². The summed E-state index contributed by atoms with van der Waals surface area (Å²) in [5.41, 5.74) is 2.35. The van der Waals surface area contributed by atoms with Crippen LogP contribution in [0.4, 0.5) is 0 Å². The molecular weight excluding hydrogens is 408 g/mol. The van der Waals surface area contributed by atoms with Crippen LogP contribution in [0.2, 0.25) is 0 Å². The summed E-state index contributed by atoms with van der Waals surface area (Å²) in [5.74, 6) is 0.930. The highest BCUT2D eigenvalue weighted by Gasteiger charge is 2.17. The lowest BCUT2D eigenvalue weighted by Crippen LogP contribution is -1.88. The number of alkyl halides is 1. The SMILES string of the molecule is Cc1cc(C(Br)c2cc(Br)sc2Br)co1. The molecule has 2 rings (SSSR count). The van der Waals surface area contributed by atoms with Crippen molar-refractivity contribution in [2.75, 3.05) is 0 Å². The van der Waals surface area contributed by atoms with Crippen LogP contribution in [0.15, 0.2) is 30.4 Å². The van der Waals surface area contributed by atoms with Crippen molar-refractivity contribution in [1.82, 2.24) is 0 Å². The maximum absolute atomic E-state index is 5.30. The van der Waals surface area contributed by atoms with Gasteiger partial charge in [0.15, 0.2) is 0 Å². The third-order valence-corrected chi connectivity index (χ3v) is 5.41. The van der Waals surface area contributed by atoms with Crippen molar-refractivity contribution >= 4 is 59.1 Å². The molecule has 2 heterocycles. The van der Waals surface area contributed by atoms with Crippen LogP contribution in [-0.4, -0.2) is 0 Å². The molecule has 80 valence electrons. The van der Waals surface area contributed by atoms with Gasteiger partial charge in [0.2, 0.25) is 0 Å². The smallest absolute Gasteiger partial charge is 0.101 e. The largest absolute Gasteiger partial charge is 0.469 e. The average molecular weight is 415 g/mol. The van der Waals surface area contributed by atoms with Gasteiger partial charge in [-0.3, -0.25) is 0 Å². The van der Waals surface area contributed by atoms with Crippen LogP contribution in [0.1, 0.15) is 21.7 Å². The van der Waals surface area contributed by atoms with Gasteiger partial charge in [0.1, 0.15) is 5.76 Å². The first-order chi connectivity index (χ1) is 7.08. The van der Waals surface area contributed by atoms with Crippen molar-refractivity contribution in [2.45, 2.75) is 11.8 Å². The van der Waals surface area contributed by atoms with E-state index in [2.05, 4.69) is 53.9 Å². The van der Waals surface area contributed by atoms with Crippen molar-refractivity contribution in [2.24, 2.45) is 0 Å². The molecule has 0 fully saturated rings. The van der Waals surface area contributed by atoms with Crippen molar-refractivity contribution in [3.05, 3.63) is 42.9 Å². The first kappa shape index (κ1) is 11.9. The Hall–Kier alpha value is 0.420. The molecule has 0 aliphatic rings. The van der Waals surface area contributed by atoms with E-state index in [1.807, 2.05) is 13.0 Å². The van der Waals surface area contributed by atoms with Crippen LogP contribution in [0, 0.1) is 6.92 Å². The van der Waals surface area contributed by atoms with Crippen LogP contribution in [-0.2, 0) is 0 Å². The van der Waals surface area contributed by atoms with Gasteiger partial charge in [-0.2, -0.15) is 0 Å². The zero-order valence-electron chi connectivity index (χ0n) is 7.76. The second-order valence-corrected chi connectivity index (χ2v) is 7.80. The quantitative estimate of drug-likeness (QED) is 0.578. The second kappa shape index (κ2) is 4.73. The Bertz CT molecular complexity index is 475. The Morgan fingerprint density at radius 2 is 2.07 bits per heavy atom. The van der Waals surface area contributed by atoms with Crippen molar-refractivity contribution < 1.29 is 4.42 Å². The van der Waals surface area contributed by atoms with Crippen LogP contribution in [0.3, 0.4) is 0 Å². The summed E-state index contributed by atoms with van der Waals surface area (Å²) in [6, 6.07) is 4.15. The zero-order chi connectivity index (χ0) is 11.0. The summed E-state index contributed by atoms with van der Waals surface area (Å²) in [6.45, 7) is 1.95. The number of thiophene rings is 1. The lowest BCUT2D eigenvalue weighted by Gasteiger charge is -2.05. The minimum atomic E-state index is 0.173. The Balaban J connectivity index is 2.35. The summed E-state index contributed by atoms with van der Waals surface area (Å²) in [4.78, 5) is 0.173. The van der Waals surface area contributed by atoms with E-state index in [9.17, 15) is 0 Å². The molecule has 1 unspecified atom stereocenters. The van der Waals surface area contributed by atoms with Gasteiger partial charge < -0.3 is 4.42 Å². The molecule has 1 atom stereocenters. The van der Waals surface area contributed by atoms with Crippen LogP contribution in [0.25, 0.3) is 0 Å². The summed E-state index contributed by atoms with van der Waals surface area (Å²) < 4.78 is 7.55. The fourth-order valence-corrected chi connectivity index (χ4v) is 5.26. The van der Waals surface area contributed by atoms with Gasteiger partial charge in [0, 0.05) is 5.56 Å². The summed E-state index contributed by atoms with van der Waals surface area (Å²) in [5, 5.41) is 0. The molecular formula is C10H7Br3OS. The van der Waals surface area contributed by atoms with E-state index in [0.29, 0.717) is 0 Å². The summed E-state index contributed by atoms with van der Waals surface area (Å²) in [7, 11) is 0. The van der Waals surface area contributed by atoms with E-state index in [4.69, 9.17) is 4.42 Å². The predicted octanol–water partition coefficient (Wildman–Crippen LogP) is 5.66. The van der Waals surface area contributed by atoms with Crippen molar-refractivity contribution in [1.29, 1.82) is 0 Å². The molecule has 0 saturated heterocycles. The minimum absolute atomic E-state index is 0.173. The highest BCUT2D eigenvalue weighted by Crippen LogP contribution is 2.42. The fraction of sp³-hybridized carbons (Fsp3) is 0.200. The maximum Gasteiger partial charge on any atom is 0.101 e. The highest BCUT2D eigenvalue weighted by atomic mass is 79.9. The Morgan fingerprint density at radius 1 is 1.33 bits per heavy atom. The molecule has 0 aromatic carbocycles. The van der Waals surface area contributed by atoms with Crippen LogP contribution in [0.5, 0.6) is 0 Å². The topological polar surface area (TPSA) is 13.1 Å². The molecule has 5 heteroatoms. The normalized spacial score (nSPS) is 13.1. The summed E-state index contributed by atoms with van der Waals surface area (Å²) in [6.07, 6.45) is 1.78. The van der Waals surface area contributed by atoms with Crippen molar-refractivity contribution in [3.63, 3.8) is 0 Å². The molecule has 2 aromatic heterocycles. The molecule has 0 saturated carbocycles. The average Bonchev–Trinajstić information content (AvgIpc) is 2.71. The number of halogens is 3. The second-order valence-electron chi connectivity index (χ2n) is 3.13. The molecule has 1 nitrogen and oxygen atoms in total. The Labute approximate surface area is 117 Å². The molecule has 0 aliphatic carbocycles. The zero-order valence-corrected chi connectivity index (χ0v) is 13.3. The molecule has 0 radical (unpaired) electrons. The first-order valence-electron chi connectivity index (χ1n) is 4.21. The lowest BCUT2D eigenvalue weighted by molar-refractivity contribution is 0.532. The van der Waals surface area contributed by atoms with E-state index in [0.717, 1.165) is 18.9 Å². The Morgan fingerprint density at radius 3 is 2.53 bits per heavy atom. The third-order valence-electron chi connectivity index (χ3n) is 2.00. The number of hydrogen-bond acceptors (Lipinski definition) is 2. The van der Waals surface area contributed by atoms with E-state index >= 15 is 0 Å². The molecule has 0 N–H and O–H groups in total. The molecule has 15 heavy (non-hydrogen) atoms. The number of aryl methyl sites for hydroxylation is 1. The van der Waals surface area contributed by atoms with E-state index in [-0.39, 0.29) is 4.83 Å². The fourth-order valence-electron chi connectivity index (χ4n) is 1.30. The standard InChI is InChI=1S/C10H7Br3OS/c1-5-2-6(4-14-5)9(12)7-3-8(11)15-10(7)13/h2-4,9H,1H3. The molecule has 2 aromatic rings. The van der Waals surface area contributed by atoms with Gasteiger partial charge in [-0.05, 0) is 56.5 Å². The number of furan rings is 1.